The van der Waals surface area contributed by atoms with E-state index in [1.807, 2.05) is 51.2 Å². The molecule has 2 amide bonds. The first-order valence-corrected chi connectivity index (χ1v) is 20.4. The maximum Gasteiger partial charge on any atom is 0.425 e. The number of hydrogen-bond acceptors (Lipinski definition) is 12. The number of aliphatic hydroxyl groups excluding tert-OH is 1. The van der Waals surface area contributed by atoms with Crippen LogP contribution >= 0.6 is 0 Å². The van der Waals surface area contributed by atoms with Crippen molar-refractivity contribution >= 4 is 34.7 Å². The monoisotopic (exact) mass is 799 g/mol. The number of nitrogens with one attached hydrogen (secondary N) is 2. The molecule has 2 aromatic rings. The molecule has 0 saturated carbocycles. The van der Waals surface area contributed by atoms with Crippen LogP contribution in [0.1, 0.15) is 81.1 Å². The van der Waals surface area contributed by atoms with Crippen LogP contribution in [-0.4, -0.2) is 131 Å². The van der Waals surface area contributed by atoms with Crippen LogP contribution in [0.3, 0.4) is 0 Å². The topological polar surface area (TPSA) is 170 Å². The number of likely N-dealkylation sites (N-methyl/N-ethyl adjacent to an activating group) is 1. The van der Waals surface area contributed by atoms with E-state index in [2.05, 4.69) is 33.5 Å². The van der Waals surface area contributed by atoms with Gasteiger partial charge in [0.05, 0.1) is 23.7 Å². The van der Waals surface area contributed by atoms with Crippen LogP contribution in [0, 0.1) is 17.8 Å². The van der Waals surface area contributed by atoms with E-state index in [1.165, 1.54) is 19.0 Å². The van der Waals surface area contributed by atoms with Gasteiger partial charge < -0.3 is 43.6 Å². The maximum absolute atomic E-state index is 14.3. The smallest absolute Gasteiger partial charge is 0.425 e. The number of ketones is 1. The van der Waals surface area contributed by atoms with Crippen molar-refractivity contribution in [3.63, 3.8) is 0 Å². The van der Waals surface area contributed by atoms with Crippen LogP contribution in [0.2, 0.25) is 0 Å². The zero-order valence-corrected chi connectivity index (χ0v) is 35.5. The summed E-state index contributed by atoms with van der Waals surface area (Å²) in [7, 11) is 5.25. The van der Waals surface area contributed by atoms with Crippen LogP contribution in [0.25, 0.3) is 10.9 Å². The fraction of sp³-hybridized carbons (Fsp3) is 0.714. The number of aryl methyl sites for hydroxylation is 1. The molecule has 3 saturated heterocycles. The first-order valence-electron chi connectivity index (χ1n) is 20.4. The van der Waals surface area contributed by atoms with Crippen molar-refractivity contribution in [2.45, 2.75) is 148 Å². The fourth-order valence-electron chi connectivity index (χ4n) is 9.18. The second kappa shape index (κ2) is 18.1. The lowest BCUT2D eigenvalue weighted by Crippen LogP contribution is -2.61. The average Bonchev–Trinajstić information content (AvgIpc) is 3.70. The average molecular weight is 800 g/mol. The zero-order chi connectivity index (χ0) is 42.0. The Labute approximate surface area is 337 Å². The van der Waals surface area contributed by atoms with E-state index < -0.39 is 83.5 Å². The van der Waals surface area contributed by atoms with Crippen molar-refractivity contribution in [3.05, 3.63) is 36.5 Å². The molecule has 15 heteroatoms. The van der Waals surface area contributed by atoms with Gasteiger partial charge in [0.1, 0.15) is 24.2 Å². The summed E-state index contributed by atoms with van der Waals surface area (Å²) in [5, 5.41) is 17.0. The SMILES string of the molecule is CC[C@@H]1OC(=O)[C@H](C)C(=O)[C@H](C)[C@H](O[C@@H]2O[C@H](C)C[C@H](N(C)C)[C@H]2O)[C@@](C)(OC)C[C@@H](C)NC(=O)C(C)[C@H]2N(NCCCn3ccc4ccccc43)C(=O)O[C@]12C. The summed E-state index contributed by atoms with van der Waals surface area (Å²) in [5.74, 6) is -4.67. The summed E-state index contributed by atoms with van der Waals surface area (Å²) in [5.41, 5.74) is 1.64. The molecule has 0 radical (unpaired) electrons. The molecule has 4 heterocycles. The molecule has 3 aliphatic heterocycles. The summed E-state index contributed by atoms with van der Waals surface area (Å²) in [6.45, 7) is 14.9. The number of rotatable bonds is 10. The molecule has 0 bridgehead atoms. The number of esters is 1. The number of aliphatic hydroxyl groups is 1. The van der Waals surface area contributed by atoms with Crippen LogP contribution in [-0.2, 0) is 44.6 Å². The number of nitrogens with zero attached hydrogens (tertiary/aromatic N) is 3. The Balaban J connectivity index is 1.44. The normalized spacial score (nSPS) is 37.4. The fourth-order valence-corrected chi connectivity index (χ4v) is 9.18. The lowest BCUT2D eigenvalue weighted by molar-refractivity contribution is -0.295. The molecule has 1 aromatic carbocycles. The predicted molar refractivity (Wildman–Crippen MR) is 213 cm³/mol. The first kappa shape index (κ1) is 44.5. The molecule has 1 unspecified atom stereocenters. The molecule has 3 fully saturated rings. The number of fused-ring (bicyclic) bond motifs is 2. The molecule has 57 heavy (non-hydrogen) atoms. The number of hydrogen-bond donors (Lipinski definition) is 3. The van der Waals surface area contributed by atoms with Gasteiger partial charge in [-0.1, -0.05) is 39.0 Å². The van der Waals surface area contributed by atoms with Crippen molar-refractivity contribution in [1.29, 1.82) is 0 Å². The highest BCUT2D eigenvalue weighted by Crippen LogP contribution is 2.40. The van der Waals surface area contributed by atoms with Gasteiger partial charge in [-0.05, 0) is 91.9 Å². The minimum atomic E-state index is -1.47. The Hall–Kier alpha value is -3.60. The number of ether oxygens (including phenoxy) is 5. The molecule has 3 N–H and O–H groups in total. The summed E-state index contributed by atoms with van der Waals surface area (Å²) < 4.78 is 33.2. The van der Waals surface area contributed by atoms with E-state index in [0.29, 0.717) is 25.9 Å². The van der Waals surface area contributed by atoms with Gasteiger partial charge in [0.25, 0.3) is 0 Å². The van der Waals surface area contributed by atoms with E-state index >= 15 is 0 Å². The summed E-state index contributed by atoms with van der Waals surface area (Å²) >= 11 is 0. The van der Waals surface area contributed by atoms with Gasteiger partial charge in [0.15, 0.2) is 17.7 Å². The summed E-state index contributed by atoms with van der Waals surface area (Å²) in [6.07, 6.45) is -1.45. The third-order valence-corrected chi connectivity index (χ3v) is 12.5. The van der Waals surface area contributed by atoms with E-state index in [-0.39, 0.29) is 30.9 Å². The van der Waals surface area contributed by atoms with Crippen LogP contribution < -0.4 is 10.7 Å². The Morgan fingerprint density at radius 3 is 2.40 bits per heavy atom. The Kier molecular flexibility index (Phi) is 14.1. The maximum atomic E-state index is 14.3. The van der Waals surface area contributed by atoms with Crippen LogP contribution in [0.4, 0.5) is 4.79 Å². The van der Waals surface area contributed by atoms with Crippen molar-refractivity contribution in [1.82, 2.24) is 25.2 Å². The van der Waals surface area contributed by atoms with Gasteiger partial charge >= 0.3 is 12.1 Å². The number of carbonyl (C=O) groups is 4. The molecule has 318 valence electrons. The third-order valence-electron chi connectivity index (χ3n) is 12.5. The highest BCUT2D eigenvalue weighted by Gasteiger charge is 2.60. The van der Waals surface area contributed by atoms with E-state index in [0.717, 1.165) is 10.9 Å². The van der Waals surface area contributed by atoms with Crippen molar-refractivity contribution in [2.75, 3.05) is 27.7 Å². The Bertz CT molecular complexity index is 1740. The summed E-state index contributed by atoms with van der Waals surface area (Å²) in [4.78, 5) is 58.3. The molecular weight excluding hydrogens is 734 g/mol. The van der Waals surface area contributed by atoms with Gasteiger partial charge in [-0.15, -0.1) is 0 Å². The summed E-state index contributed by atoms with van der Waals surface area (Å²) in [6, 6.07) is 8.47. The van der Waals surface area contributed by atoms with Crippen LogP contribution in [0.15, 0.2) is 36.5 Å². The highest BCUT2D eigenvalue weighted by molar-refractivity contribution is 6.00. The third kappa shape index (κ3) is 9.18. The van der Waals surface area contributed by atoms with Gasteiger partial charge in [-0.2, -0.15) is 0 Å². The van der Waals surface area contributed by atoms with Gasteiger partial charge in [-0.3, -0.25) is 14.4 Å². The number of para-hydroxylation sites is 1. The highest BCUT2D eigenvalue weighted by atomic mass is 16.7. The van der Waals surface area contributed by atoms with E-state index in [1.54, 1.807) is 34.6 Å². The van der Waals surface area contributed by atoms with Gasteiger partial charge in [0, 0.05) is 49.9 Å². The van der Waals surface area contributed by atoms with Crippen LogP contribution in [0.5, 0.6) is 0 Å². The number of amides is 2. The number of cyclic esters (lactones) is 1. The lowest BCUT2D eigenvalue weighted by atomic mass is 9.79. The largest absolute Gasteiger partial charge is 0.458 e. The zero-order valence-electron chi connectivity index (χ0n) is 35.5. The molecule has 13 atom stereocenters. The minimum absolute atomic E-state index is 0.184. The minimum Gasteiger partial charge on any atom is -0.458 e. The number of carbonyl (C=O) groups excluding carboxylic acids is 4. The number of Topliss-reactive ketones (excluding diaryl/α,β-unsaturated/α-hetero) is 1. The lowest BCUT2D eigenvalue weighted by Gasteiger charge is -2.46. The second-order valence-corrected chi connectivity index (χ2v) is 17.0. The quantitative estimate of drug-likeness (QED) is 0.180. The van der Waals surface area contributed by atoms with Gasteiger partial charge in [-0.25, -0.2) is 15.2 Å². The second-order valence-electron chi connectivity index (χ2n) is 17.0. The molecule has 1 aromatic heterocycles. The van der Waals surface area contributed by atoms with E-state index in [4.69, 9.17) is 23.7 Å². The number of methoxy groups -OCH3 is 1. The Morgan fingerprint density at radius 1 is 1.04 bits per heavy atom. The molecule has 5 rings (SSSR count). The molecular formula is C42H65N5O10. The van der Waals surface area contributed by atoms with Crippen molar-refractivity contribution < 1.29 is 48.0 Å². The Morgan fingerprint density at radius 2 is 1.74 bits per heavy atom. The van der Waals surface area contributed by atoms with E-state index in [9.17, 15) is 24.3 Å². The molecule has 3 aliphatic rings. The number of hydrazine groups is 1. The van der Waals surface area contributed by atoms with Crippen molar-refractivity contribution in [3.8, 4) is 0 Å². The predicted octanol–water partition coefficient (Wildman–Crippen LogP) is 4.04. The number of aromatic nitrogens is 1. The molecule has 0 spiro atoms. The molecule has 15 nitrogen and oxygen atoms in total. The standard InChI is InChI=1S/C42H65N5O10/c1-12-32-42(8)35(47(40(52)57-42)43-19-15-20-46-21-18-29-16-13-14-17-30(29)46)28(6)37(50)44-24(2)23-41(7,53-11)36(26(4)33(48)27(5)38(51)55-32)56-39-34(49)31(45(9)10)22-25(3)54-39/h13-14,16-18,21,24-28,31-32,34-36,39,43,49H,12,15,19-20,22-23H2,1-11H3,(H,44,50)/t24-,25-,26+,27-,28?,31+,32+,34-,35-,36+,39+,41+,42-/m1/s1. The van der Waals surface area contributed by atoms with Crippen molar-refractivity contribution in [2.24, 2.45) is 17.8 Å². The first-order chi connectivity index (χ1) is 26.9. The number of benzene rings is 1. The molecule has 0 aliphatic carbocycles. The van der Waals surface area contributed by atoms with Gasteiger partial charge in [0.2, 0.25) is 5.91 Å².